The number of fused-ring (bicyclic) bond motifs is 1. The molecule has 0 radical (unpaired) electrons. The minimum atomic E-state index is 0.446. The zero-order valence-electron chi connectivity index (χ0n) is 10.6. The molecule has 4 heteroatoms. The zero-order chi connectivity index (χ0) is 12.5. The van der Waals surface area contributed by atoms with Crippen LogP contribution in [0.1, 0.15) is 44.5 Å². The smallest absolute Gasteiger partial charge is 0.160 e. The van der Waals surface area contributed by atoms with Crippen LogP contribution in [0.2, 0.25) is 0 Å². The molecule has 0 aliphatic heterocycles. The fourth-order valence-electron chi connectivity index (χ4n) is 3.15. The summed E-state index contributed by atoms with van der Waals surface area (Å²) < 4.78 is 2.25. The predicted octanol–water partition coefficient (Wildman–Crippen LogP) is 3.92. The van der Waals surface area contributed by atoms with E-state index in [1.807, 2.05) is 18.3 Å². The van der Waals surface area contributed by atoms with Crippen LogP contribution in [-0.2, 0) is 5.88 Å². The number of hydrogen-bond donors (Lipinski definition) is 0. The first-order valence-electron chi connectivity index (χ1n) is 6.69. The number of aromatic nitrogens is 3. The lowest BCUT2D eigenvalue weighted by Crippen LogP contribution is -2.16. The predicted molar refractivity (Wildman–Crippen MR) is 73.8 cm³/mol. The molecule has 1 aliphatic carbocycles. The van der Waals surface area contributed by atoms with E-state index in [2.05, 4.69) is 21.5 Å². The average molecular weight is 264 g/mol. The van der Waals surface area contributed by atoms with Crippen LogP contribution in [0.5, 0.6) is 0 Å². The molecule has 1 fully saturated rings. The van der Waals surface area contributed by atoms with Crippen molar-refractivity contribution in [3.05, 3.63) is 24.2 Å². The second-order valence-electron chi connectivity index (χ2n) is 5.16. The van der Waals surface area contributed by atoms with Crippen molar-refractivity contribution in [3.8, 4) is 0 Å². The Morgan fingerprint density at radius 3 is 2.94 bits per heavy atom. The van der Waals surface area contributed by atoms with Crippen LogP contribution in [-0.4, -0.2) is 14.5 Å². The molecule has 3 nitrogen and oxygen atoms in total. The molecule has 0 aromatic carbocycles. The van der Waals surface area contributed by atoms with Gasteiger partial charge in [-0.05, 0) is 37.8 Å². The van der Waals surface area contributed by atoms with Gasteiger partial charge in [0, 0.05) is 12.2 Å². The van der Waals surface area contributed by atoms with Gasteiger partial charge in [-0.1, -0.05) is 12.8 Å². The summed E-state index contributed by atoms with van der Waals surface area (Å²) in [4.78, 5) is 9.08. The summed E-state index contributed by atoms with van der Waals surface area (Å²) in [5.41, 5.74) is 1.94. The summed E-state index contributed by atoms with van der Waals surface area (Å²) in [6.07, 6.45) is 7.17. The van der Waals surface area contributed by atoms with E-state index in [4.69, 9.17) is 11.6 Å². The van der Waals surface area contributed by atoms with Crippen LogP contribution in [0.15, 0.2) is 18.3 Å². The fourth-order valence-corrected chi connectivity index (χ4v) is 3.34. The van der Waals surface area contributed by atoms with Gasteiger partial charge >= 0.3 is 0 Å². The monoisotopic (exact) mass is 263 g/mol. The van der Waals surface area contributed by atoms with Crippen molar-refractivity contribution >= 4 is 22.8 Å². The summed E-state index contributed by atoms with van der Waals surface area (Å²) in [5, 5.41) is 0. The van der Waals surface area contributed by atoms with Crippen molar-refractivity contribution in [2.45, 2.75) is 44.5 Å². The van der Waals surface area contributed by atoms with Gasteiger partial charge in [0.05, 0.1) is 5.88 Å². The molecule has 1 unspecified atom stereocenters. The largest absolute Gasteiger partial charge is 0.309 e. The van der Waals surface area contributed by atoms with Crippen molar-refractivity contribution < 1.29 is 0 Å². The van der Waals surface area contributed by atoms with Gasteiger partial charge in [-0.2, -0.15) is 0 Å². The molecule has 2 aromatic rings. The first-order valence-corrected chi connectivity index (χ1v) is 7.22. The number of rotatable bonds is 3. The standard InChI is InChI=1S/C14H18ClN3/c1-10(11-5-2-3-6-11)18-13(9-15)17-12-7-4-8-16-14(12)18/h4,7-8,10-11H,2-3,5-6,9H2,1H3. The van der Waals surface area contributed by atoms with Gasteiger partial charge in [-0.15, -0.1) is 11.6 Å². The number of imidazole rings is 1. The van der Waals surface area contributed by atoms with E-state index in [-0.39, 0.29) is 0 Å². The summed E-state index contributed by atoms with van der Waals surface area (Å²) in [5.74, 6) is 2.14. The lowest BCUT2D eigenvalue weighted by Gasteiger charge is -2.22. The Balaban J connectivity index is 2.08. The van der Waals surface area contributed by atoms with Crippen LogP contribution in [0.3, 0.4) is 0 Å². The number of pyridine rings is 1. The molecule has 0 bridgehead atoms. The molecule has 0 N–H and O–H groups in total. The van der Waals surface area contributed by atoms with E-state index >= 15 is 0 Å². The third-order valence-corrected chi connectivity index (χ3v) is 4.37. The number of alkyl halides is 1. The zero-order valence-corrected chi connectivity index (χ0v) is 11.4. The van der Waals surface area contributed by atoms with E-state index in [0.29, 0.717) is 11.9 Å². The molecule has 1 atom stereocenters. The van der Waals surface area contributed by atoms with E-state index in [9.17, 15) is 0 Å². The van der Waals surface area contributed by atoms with Gasteiger partial charge < -0.3 is 4.57 Å². The first kappa shape index (κ1) is 12.0. The topological polar surface area (TPSA) is 30.7 Å². The van der Waals surface area contributed by atoms with E-state index < -0.39 is 0 Å². The van der Waals surface area contributed by atoms with Crippen LogP contribution in [0.25, 0.3) is 11.2 Å². The molecule has 1 saturated carbocycles. The maximum Gasteiger partial charge on any atom is 0.160 e. The third kappa shape index (κ3) is 1.91. The SMILES string of the molecule is CC(C1CCCC1)n1c(CCl)nc2cccnc21. The Morgan fingerprint density at radius 2 is 2.22 bits per heavy atom. The van der Waals surface area contributed by atoms with Gasteiger partial charge in [0.2, 0.25) is 0 Å². The molecule has 18 heavy (non-hydrogen) atoms. The van der Waals surface area contributed by atoms with E-state index in [1.165, 1.54) is 25.7 Å². The molecule has 1 aliphatic rings. The summed E-state index contributed by atoms with van der Waals surface area (Å²) in [6, 6.07) is 4.38. The van der Waals surface area contributed by atoms with Crippen molar-refractivity contribution in [1.29, 1.82) is 0 Å². The van der Waals surface area contributed by atoms with Crippen molar-refractivity contribution in [1.82, 2.24) is 14.5 Å². The quantitative estimate of drug-likeness (QED) is 0.786. The second-order valence-corrected chi connectivity index (χ2v) is 5.43. The lowest BCUT2D eigenvalue weighted by atomic mass is 9.99. The van der Waals surface area contributed by atoms with E-state index in [0.717, 1.165) is 22.9 Å². The Kier molecular flexibility index (Phi) is 3.25. The van der Waals surface area contributed by atoms with Crippen LogP contribution in [0.4, 0.5) is 0 Å². The molecule has 0 saturated heterocycles. The Bertz CT molecular complexity index is 543. The highest BCUT2D eigenvalue weighted by atomic mass is 35.5. The van der Waals surface area contributed by atoms with Crippen LogP contribution < -0.4 is 0 Å². The Morgan fingerprint density at radius 1 is 1.44 bits per heavy atom. The third-order valence-electron chi connectivity index (χ3n) is 4.13. The number of hydrogen-bond acceptors (Lipinski definition) is 2. The Hall–Kier alpha value is -1.09. The van der Waals surface area contributed by atoms with Crippen molar-refractivity contribution in [2.24, 2.45) is 5.92 Å². The maximum absolute atomic E-state index is 6.04. The molecule has 2 heterocycles. The second kappa shape index (κ2) is 4.88. The van der Waals surface area contributed by atoms with Gasteiger partial charge in [-0.3, -0.25) is 0 Å². The minimum Gasteiger partial charge on any atom is -0.309 e. The Labute approximate surface area is 112 Å². The molecule has 0 amide bonds. The number of nitrogens with zero attached hydrogens (tertiary/aromatic N) is 3. The van der Waals surface area contributed by atoms with E-state index in [1.54, 1.807) is 0 Å². The molecular formula is C14H18ClN3. The highest BCUT2D eigenvalue weighted by Gasteiger charge is 2.26. The molecule has 0 spiro atoms. The summed E-state index contributed by atoms with van der Waals surface area (Å²) >= 11 is 6.04. The molecule has 2 aromatic heterocycles. The fraction of sp³-hybridized carbons (Fsp3) is 0.571. The minimum absolute atomic E-state index is 0.446. The van der Waals surface area contributed by atoms with Gasteiger partial charge in [0.15, 0.2) is 5.65 Å². The molecule has 96 valence electrons. The first-order chi connectivity index (χ1) is 8.81. The van der Waals surface area contributed by atoms with Gasteiger partial charge in [-0.25, -0.2) is 9.97 Å². The molecule has 3 rings (SSSR count). The maximum atomic E-state index is 6.04. The average Bonchev–Trinajstić information content (AvgIpc) is 3.04. The van der Waals surface area contributed by atoms with Gasteiger partial charge in [0.1, 0.15) is 11.3 Å². The van der Waals surface area contributed by atoms with Gasteiger partial charge in [0.25, 0.3) is 0 Å². The highest BCUT2D eigenvalue weighted by Crippen LogP contribution is 2.36. The summed E-state index contributed by atoms with van der Waals surface area (Å²) in [7, 11) is 0. The normalized spacial score (nSPS) is 18.6. The molecular weight excluding hydrogens is 246 g/mol. The number of halogens is 1. The van der Waals surface area contributed by atoms with Crippen molar-refractivity contribution in [3.63, 3.8) is 0 Å². The van der Waals surface area contributed by atoms with Crippen molar-refractivity contribution in [2.75, 3.05) is 0 Å². The van der Waals surface area contributed by atoms with Crippen LogP contribution >= 0.6 is 11.6 Å². The summed E-state index contributed by atoms with van der Waals surface area (Å²) in [6.45, 7) is 2.28. The lowest BCUT2D eigenvalue weighted by molar-refractivity contribution is 0.360. The van der Waals surface area contributed by atoms with Crippen LogP contribution in [0, 0.1) is 5.92 Å². The highest BCUT2D eigenvalue weighted by molar-refractivity contribution is 6.16.